The Labute approximate surface area is 178 Å². The minimum absolute atomic E-state index is 0.289. The fourth-order valence-corrected chi connectivity index (χ4v) is 3.75. The molecule has 0 unspecified atom stereocenters. The monoisotopic (exact) mass is 425 g/mol. The normalized spacial score (nSPS) is 13.1. The van der Waals surface area contributed by atoms with E-state index >= 15 is 0 Å². The molecule has 0 radical (unpaired) electrons. The van der Waals surface area contributed by atoms with Crippen LogP contribution in [0.3, 0.4) is 0 Å². The van der Waals surface area contributed by atoms with Crippen LogP contribution in [0.4, 0.5) is 30.4 Å². The van der Waals surface area contributed by atoms with Gasteiger partial charge in [-0.15, -0.1) is 0 Å². The van der Waals surface area contributed by atoms with E-state index in [1.165, 1.54) is 12.1 Å². The molecule has 4 nitrogen and oxygen atoms in total. The van der Waals surface area contributed by atoms with Gasteiger partial charge in [-0.05, 0) is 60.7 Å². The Bertz CT molecular complexity index is 1100. The van der Waals surface area contributed by atoms with Crippen LogP contribution >= 0.6 is 0 Å². The molecular formula is C24H22F3N3O. The first-order chi connectivity index (χ1) is 15.0. The van der Waals surface area contributed by atoms with E-state index in [4.69, 9.17) is 4.98 Å². The number of aldehydes is 1. The summed E-state index contributed by atoms with van der Waals surface area (Å²) in [6, 6.07) is 12.6. The van der Waals surface area contributed by atoms with Gasteiger partial charge in [0.1, 0.15) is 17.9 Å². The van der Waals surface area contributed by atoms with Gasteiger partial charge < -0.3 is 15.0 Å². The minimum atomic E-state index is -0.888. The maximum absolute atomic E-state index is 14.2. The van der Waals surface area contributed by atoms with Gasteiger partial charge in [-0.3, -0.25) is 0 Å². The molecule has 0 bridgehead atoms. The number of pyridine rings is 1. The maximum Gasteiger partial charge on any atom is 0.160 e. The molecule has 1 aliphatic rings. The van der Waals surface area contributed by atoms with Gasteiger partial charge in [0.2, 0.25) is 0 Å². The molecule has 0 saturated heterocycles. The summed E-state index contributed by atoms with van der Waals surface area (Å²) >= 11 is 0. The van der Waals surface area contributed by atoms with Crippen molar-refractivity contribution < 1.29 is 18.0 Å². The van der Waals surface area contributed by atoms with Gasteiger partial charge in [0.15, 0.2) is 11.6 Å². The van der Waals surface area contributed by atoms with E-state index in [1.807, 2.05) is 17.0 Å². The zero-order valence-corrected chi connectivity index (χ0v) is 16.9. The number of anilines is 3. The zero-order chi connectivity index (χ0) is 21.8. The third kappa shape index (κ3) is 4.71. The Hall–Kier alpha value is -3.35. The third-order valence-electron chi connectivity index (χ3n) is 5.37. The van der Waals surface area contributed by atoms with Crippen molar-refractivity contribution in [3.05, 3.63) is 82.8 Å². The number of carbonyl (C=O) groups excluding carboxylic acids is 1. The summed E-state index contributed by atoms with van der Waals surface area (Å²) in [6.45, 7) is 1.04. The summed E-state index contributed by atoms with van der Waals surface area (Å²) in [5, 5.41) is 3.16. The second-order valence-electron chi connectivity index (χ2n) is 7.50. The van der Waals surface area contributed by atoms with Gasteiger partial charge in [-0.1, -0.05) is 12.1 Å². The smallest absolute Gasteiger partial charge is 0.160 e. The van der Waals surface area contributed by atoms with Gasteiger partial charge in [0.25, 0.3) is 0 Å². The van der Waals surface area contributed by atoms with E-state index in [0.29, 0.717) is 36.4 Å². The fraction of sp³-hybridized carbons (Fsp3) is 0.250. The molecule has 1 aromatic heterocycles. The molecule has 0 aliphatic carbocycles. The second kappa shape index (κ2) is 9.20. The molecule has 0 fully saturated rings. The molecule has 2 heterocycles. The van der Waals surface area contributed by atoms with Crippen LogP contribution in [0.1, 0.15) is 29.7 Å². The molecule has 160 valence electrons. The number of halogens is 3. The molecule has 7 heteroatoms. The van der Waals surface area contributed by atoms with Crippen molar-refractivity contribution in [1.82, 2.24) is 4.98 Å². The van der Waals surface area contributed by atoms with Gasteiger partial charge in [0, 0.05) is 30.4 Å². The lowest BCUT2D eigenvalue weighted by Crippen LogP contribution is -2.26. The van der Waals surface area contributed by atoms with Crippen LogP contribution in [0, 0.1) is 17.5 Å². The molecule has 4 rings (SSSR count). The summed E-state index contributed by atoms with van der Waals surface area (Å²) in [6.07, 6.45) is 3.20. The summed E-state index contributed by atoms with van der Waals surface area (Å²) in [7, 11) is 0. The lowest BCUT2D eigenvalue weighted by molar-refractivity contribution is -0.107. The summed E-state index contributed by atoms with van der Waals surface area (Å²) < 4.78 is 41.3. The van der Waals surface area contributed by atoms with Crippen LogP contribution in [-0.2, 0) is 24.2 Å². The predicted octanol–water partition coefficient (Wildman–Crippen LogP) is 5.33. The number of rotatable bonds is 7. The molecule has 2 aromatic carbocycles. The molecule has 1 N–H and O–H groups in total. The predicted molar refractivity (Wildman–Crippen MR) is 114 cm³/mol. The molecule has 0 atom stereocenters. The van der Waals surface area contributed by atoms with Gasteiger partial charge in [0.05, 0.1) is 12.2 Å². The summed E-state index contributed by atoms with van der Waals surface area (Å²) in [4.78, 5) is 17.1. The largest absolute Gasteiger partial charge is 0.379 e. The van der Waals surface area contributed by atoms with Crippen molar-refractivity contribution in [1.29, 1.82) is 0 Å². The van der Waals surface area contributed by atoms with Crippen LogP contribution < -0.4 is 10.2 Å². The van der Waals surface area contributed by atoms with Crippen LogP contribution in [-0.4, -0.2) is 17.8 Å². The van der Waals surface area contributed by atoms with Gasteiger partial charge in [-0.25, -0.2) is 18.2 Å². The van der Waals surface area contributed by atoms with Crippen LogP contribution in [0.2, 0.25) is 0 Å². The number of nitrogens with zero attached hydrogens (tertiary/aromatic N) is 2. The molecule has 31 heavy (non-hydrogen) atoms. The molecule has 0 amide bonds. The van der Waals surface area contributed by atoms with E-state index in [1.54, 1.807) is 18.2 Å². The van der Waals surface area contributed by atoms with Crippen molar-refractivity contribution in [2.45, 2.75) is 32.2 Å². The summed E-state index contributed by atoms with van der Waals surface area (Å²) in [5.74, 6) is -1.39. The minimum Gasteiger partial charge on any atom is -0.379 e. The molecule has 1 aliphatic heterocycles. The number of aromatic nitrogens is 1. The topological polar surface area (TPSA) is 45.2 Å². The van der Waals surface area contributed by atoms with Crippen molar-refractivity contribution >= 4 is 23.5 Å². The lowest BCUT2D eigenvalue weighted by Gasteiger charge is -2.30. The van der Waals surface area contributed by atoms with Crippen molar-refractivity contribution in [3.8, 4) is 0 Å². The van der Waals surface area contributed by atoms with E-state index in [2.05, 4.69) is 5.32 Å². The number of hydrogen-bond donors (Lipinski definition) is 1. The average molecular weight is 425 g/mol. The highest BCUT2D eigenvalue weighted by Crippen LogP contribution is 2.33. The highest BCUT2D eigenvalue weighted by Gasteiger charge is 2.21. The van der Waals surface area contributed by atoms with Crippen LogP contribution in [0.15, 0.2) is 48.5 Å². The van der Waals surface area contributed by atoms with Gasteiger partial charge >= 0.3 is 0 Å². The first kappa shape index (κ1) is 20.9. The lowest BCUT2D eigenvalue weighted by atomic mass is 10.0. The number of aryl methyl sites for hydroxylation is 2. The highest BCUT2D eigenvalue weighted by atomic mass is 19.2. The quantitative estimate of drug-likeness (QED) is 0.520. The van der Waals surface area contributed by atoms with Crippen molar-refractivity contribution in [3.63, 3.8) is 0 Å². The Morgan fingerprint density at radius 2 is 1.87 bits per heavy atom. The Morgan fingerprint density at radius 1 is 1.00 bits per heavy atom. The average Bonchev–Trinajstić information content (AvgIpc) is 2.78. The van der Waals surface area contributed by atoms with Crippen LogP contribution in [0.5, 0.6) is 0 Å². The van der Waals surface area contributed by atoms with Crippen LogP contribution in [0.25, 0.3) is 0 Å². The number of nitrogens with one attached hydrogen (secondary N) is 1. The van der Waals surface area contributed by atoms with E-state index < -0.39 is 11.6 Å². The number of hydrogen-bond acceptors (Lipinski definition) is 4. The zero-order valence-electron chi connectivity index (χ0n) is 16.9. The Morgan fingerprint density at radius 3 is 2.65 bits per heavy atom. The maximum atomic E-state index is 14.2. The molecule has 0 saturated carbocycles. The molecular weight excluding hydrogens is 403 g/mol. The SMILES string of the molecule is O=CCCc1ccc(NCc2ccc3c(n2)N(c2ccc(F)c(F)c2)CCC3)cc1F. The van der Waals surface area contributed by atoms with E-state index in [9.17, 15) is 18.0 Å². The van der Waals surface area contributed by atoms with E-state index in [0.717, 1.165) is 42.3 Å². The Balaban J connectivity index is 1.51. The second-order valence-corrected chi connectivity index (χ2v) is 7.50. The number of carbonyl (C=O) groups is 1. The molecule has 3 aromatic rings. The van der Waals surface area contributed by atoms with Gasteiger partial charge in [-0.2, -0.15) is 0 Å². The standard InChI is InChI=1S/C24H22F3N3O/c25-21-10-9-20(14-23(21)27)30-11-1-3-17-6-8-19(29-24(17)30)15-28-18-7-5-16(4-2-12-31)22(26)13-18/h5-10,12-14,28H,1-4,11,15H2. The van der Waals surface area contributed by atoms with Crippen molar-refractivity contribution in [2.75, 3.05) is 16.8 Å². The highest BCUT2D eigenvalue weighted by molar-refractivity contribution is 5.64. The fourth-order valence-electron chi connectivity index (χ4n) is 3.75. The Kier molecular flexibility index (Phi) is 6.21. The number of benzene rings is 2. The molecule has 0 spiro atoms. The van der Waals surface area contributed by atoms with Crippen molar-refractivity contribution in [2.24, 2.45) is 0 Å². The summed E-state index contributed by atoms with van der Waals surface area (Å²) in [5.41, 5.74) is 3.48. The first-order valence-electron chi connectivity index (χ1n) is 10.2. The van der Waals surface area contributed by atoms with E-state index in [-0.39, 0.29) is 12.2 Å². The first-order valence-corrected chi connectivity index (χ1v) is 10.2. The number of fused-ring (bicyclic) bond motifs is 1. The third-order valence-corrected chi connectivity index (χ3v) is 5.37.